The number of fused-ring (bicyclic) bond motifs is 1. The molecule has 0 saturated heterocycles. The molecule has 0 aromatic heterocycles. The standard InChI is InChI=1S/C39H54O.2C2H6/c1-8-30-16-20-38-36(24-32-14-18-34(19-15-32)29(5)40)21-27(3)35(25-37(38)22-30)23-31-11-10-12-33(17-13-31)28(4)26-39(6,7)9-2;2*1-2/h9,14-16,18-22,27-28,31,33,35H,2,8,10-13,17,23-26H2,1,3-7H3;2*1-2H3. The first-order chi connectivity index (χ1) is 21.1. The maximum Gasteiger partial charge on any atom is 0.159 e. The van der Waals surface area contributed by atoms with Crippen LogP contribution in [0.15, 0.2) is 61.2 Å². The van der Waals surface area contributed by atoms with Crippen molar-refractivity contribution in [2.24, 2.45) is 35.0 Å². The van der Waals surface area contributed by atoms with Crippen LogP contribution in [0.1, 0.15) is 147 Å². The van der Waals surface area contributed by atoms with Crippen LogP contribution in [0.3, 0.4) is 0 Å². The van der Waals surface area contributed by atoms with E-state index in [-0.39, 0.29) is 11.2 Å². The Kier molecular flexibility index (Phi) is 15.9. The van der Waals surface area contributed by atoms with Gasteiger partial charge in [0, 0.05) is 5.56 Å². The molecule has 244 valence electrons. The van der Waals surface area contributed by atoms with E-state index in [1.807, 2.05) is 39.8 Å². The highest BCUT2D eigenvalue weighted by Gasteiger charge is 2.30. The molecule has 0 aliphatic heterocycles. The second-order valence-corrected chi connectivity index (χ2v) is 14.0. The molecular weight excluding hydrogens is 532 g/mol. The van der Waals surface area contributed by atoms with E-state index in [1.54, 1.807) is 12.5 Å². The van der Waals surface area contributed by atoms with E-state index < -0.39 is 0 Å². The molecule has 1 heteroatoms. The predicted molar refractivity (Wildman–Crippen MR) is 195 cm³/mol. The molecule has 0 N–H and O–H groups in total. The molecule has 4 rings (SSSR count). The van der Waals surface area contributed by atoms with Gasteiger partial charge in [0.15, 0.2) is 5.78 Å². The van der Waals surface area contributed by atoms with Crippen LogP contribution < -0.4 is 0 Å². The lowest BCUT2D eigenvalue weighted by molar-refractivity contribution is 0.101. The van der Waals surface area contributed by atoms with Gasteiger partial charge in [-0.2, -0.15) is 0 Å². The molecule has 2 aromatic rings. The molecule has 0 spiro atoms. The van der Waals surface area contributed by atoms with Crippen molar-refractivity contribution >= 4 is 11.4 Å². The maximum atomic E-state index is 11.8. The fraction of sp³-hybridized carbons (Fsp3) is 0.605. The predicted octanol–water partition coefficient (Wildman–Crippen LogP) is 12.8. The minimum absolute atomic E-state index is 0.133. The number of hydrogen-bond donors (Lipinski definition) is 0. The lowest BCUT2D eigenvalue weighted by atomic mass is 9.75. The number of rotatable bonds is 10. The molecule has 2 aliphatic rings. The molecule has 2 aliphatic carbocycles. The highest BCUT2D eigenvalue weighted by atomic mass is 16.1. The summed E-state index contributed by atoms with van der Waals surface area (Å²) in [5, 5.41) is 0. The number of carbonyl (C=O) groups excluding carboxylic acids is 1. The Morgan fingerprint density at radius 1 is 0.977 bits per heavy atom. The zero-order valence-electron chi connectivity index (χ0n) is 30.3. The van der Waals surface area contributed by atoms with E-state index in [0.29, 0.717) is 11.8 Å². The third-order valence-corrected chi connectivity index (χ3v) is 10.3. The van der Waals surface area contributed by atoms with Crippen molar-refractivity contribution in [2.75, 3.05) is 0 Å². The van der Waals surface area contributed by atoms with Crippen LogP contribution in [0, 0.1) is 35.0 Å². The Balaban J connectivity index is 0.00000162. The number of allylic oxidation sites excluding steroid dienone is 3. The fourth-order valence-corrected chi connectivity index (χ4v) is 7.61. The Morgan fingerprint density at radius 3 is 2.25 bits per heavy atom. The van der Waals surface area contributed by atoms with Crippen molar-refractivity contribution < 1.29 is 4.79 Å². The maximum absolute atomic E-state index is 11.8. The van der Waals surface area contributed by atoms with Crippen molar-refractivity contribution in [3.8, 4) is 0 Å². The molecule has 2 aromatic carbocycles. The first-order valence-electron chi connectivity index (χ1n) is 18.1. The second-order valence-electron chi connectivity index (χ2n) is 14.0. The summed E-state index contributed by atoms with van der Waals surface area (Å²) in [7, 11) is 0. The van der Waals surface area contributed by atoms with Gasteiger partial charge >= 0.3 is 0 Å². The van der Waals surface area contributed by atoms with Crippen LogP contribution in [0.25, 0.3) is 5.57 Å². The van der Waals surface area contributed by atoms with Crippen LogP contribution >= 0.6 is 0 Å². The summed E-state index contributed by atoms with van der Waals surface area (Å²) >= 11 is 0. The van der Waals surface area contributed by atoms with E-state index in [2.05, 4.69) is 83.7 Å². The van der Waals surface area contributed by atoms with Crippen LogP contribution in [0.5, 0.6) is 0 Å². The number of Topliss-reactive ketones (excluding diaryl/α,β-unsaturated/α-hetero) is 1. The molecule has 0 radical (unpaired) electrons. The monoisotopic (exact) mass is 599 g/mol. The van der Waals surface area contributed by atoms with Crippen molar-refractivity contribution in [2.45, 2.75) is 133 Å². The SMILES string of the molecule is C=CC(C)(C)CC(C)C1CCCC(CC2Cc3cc(CC)ccc3C(Cc3ccc(C(C)=O)cc3)=CC2C)CC1.CC.CC. The topological polar surface area (TPSA) is 17.1 Å². The van der Waals surface area contributed by atoms with E-state index in [1.165, 1.54) is 73.6 Å². The molecule has 0 bridgehead atoms. The number of benzene rings is 2. The average molecular weight is 599 g/mol. The molecular formula is C43H66O. The summed E-state index contributed by atoms with van der Waals surface area (Å²) < 4.78 is 0. The zero-order valence-corrected chi connectivity index (χ0v) is 30.3. The summed E-state index contributed by atoms with van der Waals surface area (Å²) in [6, 6.07) is 15.5. The van der Waals surface area contributed by atoms with Gasteiger partial charge in [-0.05, 0) is 108 Å². The second kappa shape index (κ2) is 18.5. The molecule has 1 nitrogen and oxygen atoms in total. The Hall–Kier alpha value is -2.41. The first-order valence-corrected chi connectivity index (χ1v) is 18.1. The number of ketones is 1. The molecule has 44 heavy (non-hydrogen) atoms. The zero-order chi connectivity index (χ0) is 32.9. The molecule has 1 saturated carbocycles. The number of aryl methyl sites for hydroxylation is 1. The Morgan fingerprint density at radius 2 is 1.64 bits per heavy atom. The highest BCUT2D eigenvalue weighted by Crippen LogP contribution is 2.42. The van der Waals surface area contributed by atoms with Crippen molar-refractivity contribution in [1.82, 2.24) is 0 Å². The minimum atomic E-state index is 0.133. The Labute approximate surface area is 273 Å². The van der Waals surface area contributed by atoms with Gasteiger partial charge < -0.3 is 0 Å². The quantitative estimate of drug-likeness (QED) is 0.151. The summed E-state index contributed by atoms with van der Waals surface area (Å²) in [5.74, 6) is 3.89. The van der Waals surface area contributed by atoms with Crippen molar-refractivity contribution in [1.29, 1.82) is 0 Å². The molecule has 5 atom stereocenters. The summed E-state index contributed by atoms with van der Waals surface area (Å²) in [6.45, 7) is 25.6. The summed E-state index contributed by atoms with van der Waals surface area (Å²) in [4.78, 5) is 11.8. The van der Waals surface area contributed by atoms with Crippen molar-refractivity contribution in [3.05, 3.63) is 89.0 Å². The smallest absolute Gasteiger partial charge is 0.159 e. The number of hydrogen-bond acceptors (Lipinski definition) is 1. The molecule has 5 unspecified atom stereocenters. The molecule has 0 heterocycles. The van der Waals surface area contributed by atoms with Crippen LogP contribution in [0.4, 0.5) is 0 Å². The van der Waals surface area contributed by atoms with Crippen LogP contribution in [0.2, 0.25) is 0 Å². The Bertz CT molecular complexity index is 1180. The van der Waals surface area contributed by atoms with Gasteiger partial charge in [-0.1, -0.05) is 143 Å². The van der Waals surface area contributed by atoms with Crippen LogP contribution in [-0.2, 0) is 19.3 Å². The third kappa shape index (κ3) is 10.9. The average Bonchev–Trinajstić information content (AvgIpc) is 3.34. The van der Waals surface area contributed by atoms with E-state index in [0.717, 1.165) is 36.2 Å². The summed E-state index contributed by atoms with van der Waals surface area (Å²) in [6.07, 6.45) is 17.6. The first kappa shape index (κ1) is 37.8. The van der Waals surface area contributed by atoms with Gasteiger partial charge in [-0.15, -0.1) is 6.58 Å². The highest BCUT2D eigenvalue weighted by molar-refractivity contribution is 5.94. The van der Waals surface area contributed by atoms with E-state index in [9.17, 15) is 4.79 Å². The van der Waals surface area contributed by atoms with Crippen molar-refractivity contribution in [3.63, 3.8) is 0 Å². The summed E-state index contributed by atoms with van der Waals surface area (Å²) in [5.41, 5.74) is 8.23. The fourth-order valence-electron chi connectivity index (χ4n) is 7.61. The van der Waals surface area contributed by atoms with Gasteiger partial charge in [0.2, 0.25) is 0 Å². The largest absolute Gasteiger partial charge is 0.295 e. The van der Waals surface area contributed by atoms with E-state index in [4.69, 9.17) is 0 Å². The van der Waals surface area contributed by atoms with Gasteiger partial charge in [0.25, 0.3) is 0 Å². The van der Waals surface area contributed by atoms with E-state index >= 15 is 0 Å². The van der Waals surface area contributed by atoms with Gasteiger partial charge in [-0.25, -0.2) is 0 Å². The van der Waals surface area contributed by atoms with Gasteiger partial charge in [0.05, 0.1) is 0 Å². The molecule has 1 fully saturated rings. The minimum Gasteiger partial charge on any atom is -0.295 e. The lowest BCUT2D eigenvalue weighted by Crippen LogP contribution is -2.19. The normalized spacial score (nSPS) is 22.4. The lowest BCUT2D eigenvalue weighted by Gasteiger charge is -2.30. The number of carbonyl (C=O) groups is 1. The van der Waals surface area contributed by atoms with Gasteiger partial charge in [0.1, 0.15) is 0 Å². The molecule has 0 amide bonds. The van der Waals surface area contributed by atoms with Gasteiger partial charge in [-0.3, -0.25) is 4.79 Å². The third-order valence-electron chi connectivity index (χ3n) is 10.3. The van der Waals surface area contributed by atoms with Crippen LogP contribution in [-0.4, -0.2) is 5.78 Å².